The number of allylic oxidation sites excluding steroid dienone is 1. The predicted molar refractivity (Wildman–Crippen MR) is 81.8 cm³/mol. The monoisotopic (exact) mass is 296 g/mol. The summed E-state index contributed by atoms with van der Waals surface area (Å²) in [5, 5.41) is 9.97. The quantitative estimate of drug-likeness (QED) is 0.403. The summed E-state index contributed by atoms with van der Waals surface area (Å²) in [4.78, 5) is 22.9. The predicted octanol–water partition coefficient (Wildman–Crippen LogP) is 3.18. The molecule has 1 aliphatic carbocycles. The molecule has 0 bridgehead atoms. The Hall–Kier alpha value is -1.16. The van der Waals surface area contributed by atoms with Gasteiger partial charge in [0.05, 0.1) is 13.2 Å². The lowest BCUT2D eigenvalue weighted by atomic mass is 9.93. The van der Waals surface area contributed by atoms with Gasteiger partial charge in [0.1, 0.15) is 0 Å². The summed E-state index contributed by atoms with van der Waals surface area (Å²) in [6.45, 7) is 2.12. The molecular weight excluding hydrogens is 268 g/mol. The molecule has 1 aliphatic rings. The first-order valence-corrected chi connectivity index (χ1v) is 8.08. The van der Waals surface area contributed by atoms with Gasteiger partial charge in [-0.1, -0.05) is 32.3 Å². The highest BCUT2D eigenvalue weighted by molar-refractivity contribution is 5.98. The molecule has 1 rings (SSSR count). The van der Waals surface area contributed by atoms with Crippen LogP contribution in [-0.4, -0.2) is 30.1 Å². The fraction of sp³-hybridized carbons (Fsp3) is 0.765. The van der Waals surface area contributed by atoms with Gasteiger partial charge in [-0.05, 0) is 31.3 Å². The third-order valence-corrected chi connectivity index (χ3v) is 4.13. The third kappa shape index (κ3) is 6.00. The van der Waals surface area contributed by atoms with Gasteiger partial charge >= 0.3 is 5.97 Å². The Morgan fingerprint density at radius 2 is 2.10 bits per heavy atom. The Balaban J connectivity index is 2.35. The topological polar surface area (TPSA) is 63.6 Å². The average molecular weight is 296 g/mol. The second kappa shape index (κ2) is 9.72. The number of aliphatic hydroxyl groups is 1. The highest BCUT2D eigenvalue weighted by atomic mass is 16.5. The summed E-state index contributed by atoms with van der Waals surface area (Å²) in [6, 6.07) is 0. The van der Waals surface area contributed by atoms with Crippen LogP contribution in [0.1, 0.15) is 64.7 Å². The molecule has 0 amide bonds. The summed E-state index contributed by atoms with van der Waals surface area (Å²) in [7, 11) is 1.40. The van der Waals surface area contributed by atoms with E-state index in [0.29, 0.717) is 6.42 Å². The molecule has 1 N–H and O–H groups in total. The van der Waals surface area contributed by atoms with Gasteiger partial charge in [-0.15, -0.1) is 0 Å². The van der Waals surface area contributed by atoms with Crippen LogP contribution in [0, 0.1) is 5.92 Å². The molecule has 0 saturated heterocycles. The van der Waals surface area contributed by atoms with Gasteiger partial charge in [-0.2, -0.15) is 0 Å². The lowest BCUT2D eigenvalue weighted by molar-refractivity contribution is -0.140. The fourth-order valence-corrected chi connectivity index (χ4v) is 2.85. The van der Waals surface area contributed by atoms with E-state index in [1.165, 1.54) is 7.11 Å². The molecule has 0 aromatic rings. The summed E-state index contributed by atoms with van der Waals surface area (Å²) in [6.07, 6.45) is 8.88. The van der Waals surface area contributed by atoms with E-state index >= 15 is 0 Å². The van der Waals surface area contributed by atoms with Gasteiger partial charge in [0, 0.05) is 18.8 Å². The molecule has 21 heavy (non-hydrogen) atoms. The number of rotatable bonds is 9. The van der Waals surface area contributed by atoms with Gasteiger partial charge in [0.25, 0.3) is 0 Å². The molecule has 0 aromatic heterocycles. The zero-order valence-corrected chi connectivity index (χ0v) is 13.3. The van der Waals surface area contributed by atoms with Crippen LogP contribution < -0.4 is 0 Å². The minimum absolute atomic E-state index is 0.0347. The lowest BCUT2D eigenvalue weighted by Crippen LogP contribution is -2.14. The van der Waals surface area contributed by atoms with Crippen molar-refractivity contribution in [2.75, 3.05) is 7.11 Å². The number of hydrogen-bond acceptors (Lipinski definition) is 4. The lowest BCUT2D eigenvalue weighted by Gasteiger charge is -2.14. The van der Waals surface area contributed by atoms with E-state index < -0.39 is 6.10 Å². The molecule has 0 aromatic carbocycles. The number of ketones is 1. The average Bonchev–Trinajstić information content (AvgIpc) is 2.74. The van der Waals surface area contributed by atoms with E-state index in [0.717, 1.165) is 50.5 Å². The normalized spacial score (nSPS) is 23.8. The molecular formula is C17H28O4. The number of hydrogen-bond donors (Lipinski definition) is 1. The maximum absolute atomic E-state index is 11.9. The number of ether oxygens (including phenoxy) is 1. The number of carbonyl (C=O) groups excluding carboxylic acids is 2. The maximum atomic E-state index is 11.9. The van der Waals surface area contributed by atoms with Crippen LogP contribution in [0.15, 0.2) is 11.6 Å². The van der Waals surface area contributed by atoms with E-state index in [1.54, 1.807) is 0 Å². The summed E-state index contributed by atoms with van der Waals surface area (Å²) >= 11 is 0. The van der Waals surface area contributed by atoms with Crippen LogP contribution in [0.5, 0.6) is 0 Å². The third-order valence-electron chi connectivity index (χ3n) is 4.13. The highest BCUT2D eigenvalue weighted by Gasteiger charge is 2.35. The number of methoxy groups -OCH3 is 1. The first-order chi connectivity index (χ1) is 10.1. The van der Waals surface area contributed by atoms with Crippen molar-refractivity contribution >= 4 is 11.8 Å². The Kier molecular flexibility index (Phi) is 8.28. The molecule has 0 radical (unpaired) electrons. The van der Waals surface area contributed by atoms with Crippen LogP contribution in [0.4, 0.5) is 0 Å². The molecule has 0 heterocycles. The van der Waals surface area contributed by atoms with E-state index in [4.69, 9.17) is 0 Å². The SMILES string of the molecule is CCCCC1/C(=C/CCCCCC(=O)OC)C(=O)CC1O. The first-order valence-electron chi connectivity index (χ1n) is 8.08. The van der Waals surface area contributed by atoms with Crippen LogP contribution in [-0.2, 0) is 14.3 Å². The fourth-order valence-electron chi connectivity index (χ4n) is 2.85. The Morgan fingerprint density at radius 3 is 2.76 bits per heavy atom. The number of aliphatic hydroxyl groups excluding tert-OH is 1. The Labute approximate surface area is 127 Å². The van der Waals surface area contributed by atoms with Crippen LogP contribution in [0.2, 0.25) is 0 Å². The van der Waals surface area contributed by atoms with Gasteiger partial charge in [0.15, 0.2) is 5.78 Å². The Bertz CT molecular complexity index is 373. The molecule has 4 nitrogen and oxygen atoms in total. The summed E-state index contributed by atoms with van der Waals surface area (Å²) in [5.74, 6) is -0.0206. The zero-order valence-electron chi connectivity index (χ0n) is 13.3. The highest BCUT2D eigenvalue weighted by Crippen LogP contribution is 2.33. The van der Waals surface area contributed by atoms with E-state index in [9.17, 15) is 14.7 Å². The standard InChI is InChI=1S/C17H28O4/c1-3-4-9-13-14(16(19)12-15(13)18)10-7-5-6-8-11-17(20)21-2/h10,13,15,18H,3-9,11-12H2,1-2H3/b14-10-. The van der Waals surface area contributed by atoms with E-state index in [2.05, 4.69) is 11.7 Å². The number of carbonyl (C=O) groups is 2. The first kappa shape index (κ1) is 17.9. The van der Waals surface area contributed by atoms with Crippen molar-refractivity contribution in [2.45, 2.75) is 70.8 Å². The van der Waals surface area contributed by atoms with Crippen molar-refractivity contribution in [1.82, 2.24) is 0 Å². The van der Waals surface area contributed by atoms with Gasteiger partial charge in [-0.25, -0.2) is 0 Å². The Morgan fingerprint density at radius 1 is 1.33 bits per heavy atom. The van der Waals surface area contributed by atoms with Crippen LogP contribution >= 0.6 is 0 Å². The number of Topliss-reactive ketones (excluding diaryl/α,β-unsaturated/α-hetero) is 1. The molecule has 0 aliphatic heterocycles. The van der Waals surface area contributed by atoms with Crippen molar-refractivity contribution in [2.24, 2.45) is 5.92 Å². The summed E-state index contributed by atoms with van der Waals surface area (Å²) in [5.41, 5.74) is 0.837. The number of unbranched alkanes of at least 4 members (excludes halogenated alkanes) is 4. The minimum atomic E-state index is -0.491. The van der Waals surface area contributed by atoms with Gasteiger partial charge < -0.3 is 9.84 Å². The van der Waals surface area contributed by atoms with E-state index in [1.807, 2.05) is 6.08 Å². The van der Waals surface area contributed by atoms with Crippen molar-refractivity contribution in [1.29, 1.82) is 0 Å². The molecule has 120 valence electrons. The summed E-state index contributed by atoms with van der Waals surface area (Å²) < 4.78 is 4.59. The number of esters is 1. The second-order valence-corrected chi connectivity index (χ2v) is 5.78. The molecule has 1 fully saturated rings. The van der Waals surface area contributed by atoms with Crippen molar-refractivity contribution in [3.8, 4) is 0 Å². The molecule has 2 atom stereocenters. The zero-order chi connectivity index (χ0) is 15.7. The maximum Gasteiger partial charge on any atom is 0.305 e. The van der Waals surface area contributed by atoms with Crippen LogP contribution in [0.3, 0.4) is 0 Å². The van der Waals surface area contributed by atoms with Crippen molar-refractivity contribution in [3.63, 3.8) is 0 Å². The van der Waals surface area contributed by atoms with Gasteiger partial charge in [-0.3, -0.25) is 9.59 Å². The van der Waals surface area contributed by atoms with Crippen molar-refractivity contribution < 1.29 is 19.4 Å². The molecule has 2 unspecified atom stereocenters. The molecule has 4 heteroatoms. The van der Waals surface area contributed by atoms with E-state index in [-0.39, 0.29) is 24.1 Å². The minimum Gasteiger partial charge on any atom is -0.469 e. The molecule has 0 spiro atoms. The molecule has 1 saturated carbocycles. The van der Waals surface area contributed by atoms with Crippen LogP contribution in [0.25, 0.3) is 0 Å². The van der Waals surface area contributed by atoms with Gasteiger partial charge in [0.2, 0.25) is 0 Å². The largest absolute Gasteiger partial charge is 0.469 e. The second-order valence-electron chi connectivity index (χ2n) is 5.78. The smallest absolute Gasteiger partial charge is 0.305 e. The van der Waals surface area contributed by atoms with Crippen molar-refractivity contribution in [3.05, 3.63) is 11.6 Å².